The lowest BCUT2D eigenvalue weighted by Crippen LogP contribution is -2.15. The van der Waals surface area contributed by atoms with E-state index < -0.39 is 11.2 Å². The molecule has 7 nitrogen and oxygen atoms in total. The fraction of sp³-hybridized carbons (Fsp3) is 0.263. The number of aryl methyl sites for hydroxylation is 1. The van der Waals surface area contributed by atoms with Crippen molar-refractivity contribution in [3.63, 3.8) is 0 Å². The number of carbonyl (C=O) groups excluding carboxylic acids is 2. The first-order valence-corrected chi connectivity index (χ1v) is 9.17. The molecule has 0 spiro atoms. The smallest absolute Gasteiger partial charge is 0.339 e. The minimum absolute atomic E-state index is 0.157. The quantitative estimate of drug-likeness (QED) is 0.391. The average Bonchev–Trinajstić information content (AvgIpc) is 3.25. The van der Waals surface area contributed by atoms with Gasteiger partial charge in [0.2, 0.25) is 5.89 Å². The van der Waals surface area contributed by atoms with Gasteiger partial charge in [0.15, 0.2) is 5.78 Å². The van der Waals surface area contributed by atoms with E-state index in [0.717, 1.165) is 5.56 Å². The molecule has 3 rings (SSSR count). The van der Waals surface area contributed by atoms with Crippen LogP contribution < -0.4 is 0 Å². The van der Waals surface area contributed by atoms with Crippen molar-refractivity contribution in [3.8, 4) is 11.5 Å². The van der Waals surface area contributed by atoms with E-state index in [2.05, 4.69) is 15.2 Å². The van der Waals surface area contributed by atoms with E-state index in [1.165, 1.54) is 18.9 Å². The van der Waals surface area contributed by atoms with Crippen LogP contribution in [-0.2, 0) is 4.74 Å². The van der Waals surface area contributed by atoms with Crippen molar-refractivity contribution in [2.24, 2.45) is 0 Å². The number of ether oxygens (including phenoxy) is 1. The lowest BCUT2D eigenvalue weighted by atomic mass is 10.1. The van der Waals surface area contributed by atoms with Gasteiger partial charge in [-0.1, -0.05) is 30.0 Å². The number of benzene rings is 1. The van der Waals surface area contributed by atoms with Crippen molar-refractivity contribution in [1.82, 2.24) is 15.2 Å². The van der Waals surface area contributed by atoms with E-state index in [-0.39, 0.29) is 5.78 Å². The van der Waals surface area contributed by atoms with Crippen molar-refractivity contribution in [2.45, 2.75) is 31.2 Å². The zero-order valence-corrected chi connectivity index (χ0v) is 16.2. The zero-order chi connectivity index (χ0) is 19.6. The van der Waals surface area contributed by atoms with Crippen LogP contribution in [0.25, 0.3) is 11.5 Å². The number of methoxy groups -OCH3 is 1. The Morgan fingerprint density at radius 1 is 1.19 bits per heavy atom. The lowest BCUT2D eigenvalue weighted by molar-refractivity contribution is 0.0599. The van der Waals surface area contributed by atoms with Crippen LogP contribution in [0.4, 0.5) is 0 Å². The predicted molar refractivity (Wildman–Crippen MR) is 101 cm³/mol. The third-order valence-corrected chi connectivity index (χ3v) is 5.08. The second-order valence-corrected chi connectivity index (χ2v) is 7.27. The molecule has 0 saturated heterocycles. The Kier molecular flexibility index (Phi) is 5.46. The maximum absolute atomic E-state index is 12.8. The minimum atomic E-state index is -0.476. The number of nitrogens with one attached hydrogen (secondary N) is 1. The summed E-state index contributed by atoms with van der Waals surface area (Å²) in [5, 5.41) is 7.86. The van der Waals surface area contributed by atoms with Gasteiger partial charge in [0.25, 0.3) is 5.22 Å². The highest BCUT2D eigenvalue weighted by atomic mass is 32.2. The number of ketones is 1. The number of hydrogen-bond acceptors (Lipinski definition) is 7. The maximum atomic E-state index is 12.8. The number of Topliss-reactive ketones (excluding diaryl/α,β-unsaturated/α-hetero) is 1. The maximum Gasteiger partial charge on any atom is 0.339 e. The summed E-state index contributed by atoms with van der Waals surface area (Å²) in [4.78, 5) is 27.7. The van der Waals surface area contributed by atoms with Gasteiger partial charge < -0.3 is 14.1 Å². The Bertz CT molecular complexity index is 978. The van der Waals surface area contributed by atoms with E-state index in [0.29, 0.717) is 33.6 Å². The summed E-state index contributed by atoms with van der Waals surface area (Å²) < 4.78 is 10.4. The third-order valence-electron chi connectivity index (χ3n) is 4.15. The van der Waals surface area contributed by atoms with Crippen LogP contribution >= 0.6 is 11.8 Å². The Labute approximate surface area is 160 Å². The number of carbonyl (C=O) groups is 2. The van der Waals surface area contributed by atoms with Gasteiger partial charge >= 0.3 is 5.97 Å². The molecule has 0 saturated carbocycles. The summed E-state index contributed by atoms with van der Waals surface area (Å²) in [6, 6.07) is 9.41. The largest absolute Gasteiger partial charge is 0.465 e. The summed E-state index contributed by atoms with van der Waals surface area (Å²) in [6.45, 7) is 5.21. The normalized spacial score (nSPS) is 12.0. The molecular formula is C19H19N3O4S. The van der Waals surface area contributed by atoms with E-state index in [4.69, 9.17) is 9.15 Å². The summed E-state index contributed by atoms with van der Waals surface area (Å²) in [6.07, 6.45) is 0. The first kappa shape index (κ1) is 18.9. The molecule has 0 fully saturated rings. The number of aromatic nitrogens is 3. The number of esters is 1. The Morgan fingerprint density at radius 2 is 1.89 bits per heavy atom. The SMILES string of the molecule is COC(=O)c1c(C)[nH]c(C(=O)C(C)Sc2nnc(-c3ccccc3)o2)c1C. The molecule has 0 aliphatic carbocycles. The van der Waals surface area contributed by atoms with E-state index >= 15 is 0 Å². The molecule has 140 valence electrons. The van der Waals surface area contributed by atoms with Crippen molar-refractivity contribution >= 4 is 23.5 Å². The van der Waals surface area contributed by atoms with Gasteiger partial charge in [0, 0.05) is 11.3 Å². The molecule has 1 unspecified atom stereocenters. The molecule has 0 aliphatic rings. The number of hydrogen-bond donors (Lipinski definition) is 1. The van der Waals surface area contributed by atoms with Crippen LogP contribution in [0.5, 0.6) is 0 Å². The number of H-pyrrole nitrogens is 1. The van der Waals surface area contributed by atoms with Crippen LogP contribution in [0.15, 0.2) is 40.0 Å². The molecule has 27 heavy (non-hydrogen) atoms. The van der Waals surface area contributed by atoms with Gasteiger partial charge in [0.05, 0.1) is 23.6 Å². The van der Waals surface area contributed by atoms with Crippen molar-refractivity contribution in [1.29, 1.82) is 0 Å². The van der Waals surface area contributed by atoms with Gasteiger partial charge in [-0.2, -0.15) is 0 Å². The number of rotatable bonds is 6. The second kappa shape index (κ2) is 7.79. The number of aromatic amines is 1. The van der Waals surface area contributed by atoms with Crippen molar-refractivity contribution in [2.75, 3.05) is 7.11 Å². The molecule has 8 heteroatoms. The Hall–Kier alpha value is -2.87. The van der Waals surface area contributed by atoms with Crippen LogP contribution in [0.1, 0.15) is 39.0 Å². The topological polar surface area (TPSA) is 98.1 Å². The second-order valence-electron chi connectivity index (χ2n) is 5.98. The summed E-state index contributed by atoms with van der Waals surface area (Å²) >= 11 is 1.17. The molecule has 0 amide bonds. The first-order valence-electron chi connectivity index (χ1n) is 8.29. The van der Waals surface area contributed by atoms with Crippen LogP contribution in [-0.4, -0.2) is 39.3 Å². The summed E-state index contributed by atoms with van der Waals surface area (Å²) in [7, 11) is 1.31. The van der Waals surface area contributed by atoms with Gasteiger partial charge in [-0.3, -0.25) is 4.79 Å². The zero-order valence-electron chi connectivity index (χ0n) is 15.4. The fourth-order valence-corrected chi connectivity index (χ4v) is 3.51. The highest BCUT2D eigenvalue weighted by Crippen LogP contribution is 2.29. The average molecular weight is 385 g/mol. The molecule has 0 radical (unpaired) electrons. The molecule has 1 aromatic carbocycles. The molecule has 3 aromatic rings. The van der Waals surface area contributed by atoms with E-state index in [9.17, 15) is 9.59 Å². The van der Waals surface area contributed by atoms with Crippen molar-refractivity contribution < 1.29 is 18.7 Å². The monoisotopic (exact) mass is 385 g/mol. The van der Waals surface area contributed by atoms with Crippen LogP contribution in [0, 0.1) is 13.8 Å². The fourth-order valence-electron chi connectivity index (χ4n) is 2.77. The lowest BCUT2D eigenvalue weighted by Gasteiger charge is -2.07. The summed E-state index contributed by atoms with van der Waals surface area (Å²) in [5.41, 5.74) is 2.77. The molecular weight excluding hydrogens is 366 g/mol. The van der Waals surface area contributed by atoms with E-state index in [1.54, 1.807) is 20.8 Å². The first-order chi connectivity index (χ1) is 12.9. The molecule has 1 atom stereocenters. The van der Waals surface area contributed by atoms with Gasteiger partial charge in [-0.05, 0) is 38.5 Å². The van der Waals surface area contributed by atoms with Crippen LogP contribution in [0.2, 0.25) is 0 Å². The summed E-state index contributed by atoms with van der Waals surface area (Å²) in [5.74, 6) is -0.224. The van der Waals surface area contributed by atoms with Gasteiger partial charge in [-0.15, -0.1) is 10.2 Å². The van der Waals surface area contributed by atoms with Gasteiger partial charge in [0.1, 0.15) is 0 Å². The Morgan fingerprint density at radius 3 is 2.56 bits per heavy atom. The third kappa shape index (κ3) is 3.80. The highest BCUT2D eigenvalue weighted by Gasteiger charge is 2.27. The molecule has 2 aromatic heterocycles. The van der Waals surface area contributed by atoms with Crippen LogP contribution in [0.3, 0.4) is 0 Å². The molecule has 2 heterocycles. The molecule has 0 aliphatic heterocycles. The number of thioether (sulfide) groups is 1. The molecule has 1 N–H and O–H groups in total. The number of nitrogens with zero attached hydrogens (tertiary/aromatic N) is 2. The molecule has 0 bridgehead atoms. The van der Waals surface area contributed by atoms with Crippen molar-refractivity contribution in [3.05, 3.63) is 52.8 Å². The highest BCUT2D eigenvalue weighted by molar-refractivity contribution is 8.00. The minimum Gasteiger partial charge on any atom is -0.465 e. The van der Waals surface area contributed by atoms with Gasteiger partial charge in [-0.25, -0.2) is 4.79 Å². The Balaban J connectivity index is 1.77. The predicted octanol–water partition coefficient (Wildman–Crippen LogP) is 3.83. The van der Waals surface area contributed by atoms with E-state index in [1.807, 2.05) is 30.3 Å². The standard InChI is InChI=1S/C19H19N3O4S/c1-10-14(18(24)25-4)11(2)20-15(10)16(23)12(3)27-19-22-21-17(26-19)13-8-6-5-7-9-13/h5-9,12,20H,1-4H3.